The van der Waals surface area contributed by atoms with Crippen LogP contribution in [0.4, 0.5) is 24.9 Å². The zero-order valence-corrected chi connectivity index (χ0v) is 17.2. The quantitative estimate of drug-likeness (QED) is 0.603. The minimum absolute atomic E-state index is 0.0305. The number of carbonyl (C=O) groups is 1. The van der Waals surface area contributed by atoms with Crippen LogP contribution in [0.15, 0.2) is 18.6 Å². The molecule has 0 spiro atoms. The molecule has 2 heterocycles. The van der Waals surface area contributed by atoms with E-state index < -0.39 is 24.4 Å². The third-order valence-corrected chi connectivity index (χ3v) is 4.92. The van der Waals surface area contributed by atoms with Gasteiger partial charge in [-0.25, -0.2) is 15.0 Å². The number of halogens is 3. The molecule has 3 rings (SSSR count). The Labute approximate surface area is 177 Å². The van der Waals surface area contributed by atoms with E-state index in [0.29, 0.717) is 12.0 Å². The van der Waals surface area contributed by atoms with Gasteiger partial charge in [0.1, 0.15) is 12.1 Å². The van der Waals surface area contributed by atoms with Crippen molar-refractivity contribution in [1.82, 2.24) is 25.3 Å². The van der Waals surface area contributed by atoms with Crippen molar-refractivity contribution < 1.29 is 22.7 Å². The lowest BCUT2D eigenvalue weighted by atomic mass is 9.91. The molecular formula is C19H24F3N7O2. The molecule has 1 saturated carbocycles. The summed E-state index contributed by atoms with van der Waals surface area (Å²) in [6, 6.07) is 0.826. The Balaban J connectivity index is 1.42. The zero-order chi connectivity index (χ0) is 22.4. The van der Waals surface area contributed by atoms with Crippen molar-refractivity contribution in [2.75, 3.05) is 24.3 Å². The monoisotopic (exact) mass is 439 g/mol. The molecular weight excluding hydrogens is 415 g/mol. The number of alkyl halides is 3. The molecule has 2 aromatic heterocycles. The second-order valence-electron chi connectivity index (χ2n) is 7.26. The van der Waals surface area contributed by atoms with E-state index >= 15 is 0 Å². The van der Waals surface area contributed by atoms with Gasteiger partial charge in [0.15, 0.2) is 12.3 Å². The maximum atomic E-state index is 12.7. The molecule has 1 aliphatic rings. The summed E-state index contributed by atoms with van der Waals surface area (Å²) >= 11 is 0. The van der Waals surface area contributed by atoms with E-state index in [4.69, 9.17) is 4.74 Å². The highest BCUT2D eigenvalue weighted by Crippen LogP contribution is 2.28. The average molecular weight is 439 g/mol. The van der Waals surface area contributed by atoms with Gasteiger partial charge in [-0.3, -0.25) is 4.79 Å². The molecule has 0 aliphatic heterocycles. The molecule has 0 saturated heterocycles. The van der Waals surface area contributed by atoms with Gasteiger partial charge in [-0.1, -0.05) is 0 Å². The second-order valence-corrected chi connectivity index (χ2v) is 7.26. The molecule has 0 atom stereocenters. The minimum Gasteiger partial charge on any atom is -0.467 e. The van der Waals surface area contributed by atoms with Gasteiger partial charge < -0.3 is 20.7 Å². The lowest BCUT2D eigenvalue weighted by molar-refractivity contribution is -0.141. The van der Waals surface area contributed by atoms with Gasteiger partial charge in [0, 0.05) is 37.0 Å². The van der Waals surface area contributed by atoms with Crippen molar-refractivity contribution in [2.24, 2.45) is 0 Å². The Kier molecular flexibility index (Phi) is 7.08. The molecule has 12 heteroatoms. The highest BCUT2D eigenvalue weighted by Gasteiger charge is 2.33. The zero-order valence-electron chi connectivity index (χ0n) is 17.2. The Hall–Kier alpha value is -3.18. The lowest BCUT2D eigenvalue weighted by Crippen LogP contribution is -2.42. The number of aryl methyl sites for hydroxylation is 1. The van der Waals surface area contributed by atoms with Gasteiger partial charge in [-0.05, 0) is 32.6 Å². The maximum Gasteiger partial charge on any atom is 0.433 e. The molecule has 1 amide bonds. The first-order valence-corrected chi connectivity index (χ1v) is 9.84. The summed E-state index contributed by atoms with van der Waals surface area (Å²) < 4.78 is 43.1. The predicted octanol–water partition coefficient (Wildman–Crippen LogP) is 2.55. The van der Waals surface area contributed by atoms with Crippen molar-refractivity contribution >= 4 is 17.7 Å². The topological polar surface area (TPSA) is 114 Å². The first kappa shape index (κ1) is 22.5. The Bertz CT molecular complexity index is 902. The van der Waals surface area contributed by atoms with Crippen LogP contribution >= 0.6 is 0 Å². The van der Waals surface area contributed by atoms with Crippen LogP contribution in [0.3, 0.4) is 0 Å². The number of nitrogens with one attached hydrogen (secondary N) is 3. The summed E-state index contributed by atoms with van der Waals surface area (Å²) in [5.41, 5.74) is -0.165. The molecule has 0 bridgehead atoms. The number of anilines is 2. The molecule has 1 fully saturated rings. The van der Waals surface area contributed by atoms with Crippen LogP contribution in [-0.2, 0) is 11.0 Å². The highest BCUT2D eigenvalue weighted by atomic mass is 19.4. The molecule has 168 valence electrons. The number of nitrogens with zero attached hydrogens (tertiary/aromatic N) is 4. The lowest BCUT2D eigenvalue weighted by Gasteiger charge is -2.29. The number of amides is 1. The normalized spacial score (nSPS) is 18.9. The number of hydrogen-bond acceptors (Lipinski definition) is 8. The van der Waals surface area contributed by atoms with Gasteiger partial charge in [-0.15, -0.1) is 0 Å². The molecule has 31 heavy (non-hydrogen) atoms. The molecule has 2 aromatic rings. The summed E-state index contributed by atoms with van der Waals surface area (Å²) in [4.78, 5) is 27.6. The standard InChI is InChI=1S/C19H24F3N7O2/c1-11-8-24-18(29-17(11)23-2)28-13-5-3-12(4-6-13)27-15(30)9-31-16-7-14(19(20,21)22)25-10-26-16/h7-8,10,12-13H,3-6,9H2,1-2H3,(H,27,30)(H2,23,24,28,29). The minimum atomic E-state index is -4.60. The Morgan fingerprint density at radius 1 is 1.16 bits per heavy atom. The largest absolute Gasteiger partial charge is 0.467 e. The number of ether oxygens (including phenoxy) is 1. The summed E-state index contributed by atoms with van der Waals surface area (Å²) in [6.07, 6.45) is 1.04. The van der Waals surface area contributed by atoms with Crippen molar-refractivity contribution in [3.05, 3.63) is 29.8 Å². The molecule has 3 N–H and O–H groups in total. The third-order valence-electron chi connectivity index (χ3n) is 4.92. The fourth-order valence-electron chi connectivity index (χ4n) is 3.31. The molecule has 0 radical (unpaired) electrons. The Morgan fingerprint density at radius 2 is 1.87 bits per heavy atom. The summed E-state index contributed by atoms with van der Waals surface area (Å²) in [7, 11) is 1.80. The van der Waals surface area contributed by atoms with E-state index in [-0.39, 0.29) is 18.0 Å². The van der Waals surface area contributed by atoms with E-state index in [1.807, 2.05) is 6.92 Å². The van der Waals surface area contributed by atoms with Crippen LogP contribution in [0.1, 0.15) is 36.9 Å². The first-order chi connectivity index (χ1) is 14.7. The van der Waals surface area contributed by atoms with Crippen molar-refractivity contribution in [1.29, 1.82) is 0 Å². The first-order valence-electron chi connectivity index (χ1n) is 9.84. The number of hydrogen-bond donors (Lipinski definition) is 3. The predicted molar refractivity (Wildman–Crippen MR) is 107 cm³/mol. The number of carbonyl (C=O) groups excluding carboxylic acids is 1. The van der Waals surface area contributed by atoms with Crippen LogP contribution in [0.25, 0.3) is 0 Å². The number of aromatic nitrogens is 4. The van der Waals surface area contributed by atoms with Crippen molar-refractivity contribution in [3.8, 4) is 5.88 Å². The van der Waals surface area contributed by atoms with E-state index in [1.165, 1.54) is 0 Å². The SMILES string of the molecule is CNc1nc(NC2CCC(NC(=O)COc3cc(C(F)(F)F)ncn3)CC2)ncc1C. The number of rotatable bonds is 7. The van der Waals surface area contributed by atoms with Gasteiger partial charge in [0.05, 0.1) is 0 Å². The van der Waals surface area contributed by atoms with Gasteiger partial charge >= 0.3 is 6.18 Å². The van der Waals surface area contributed by atoms with E-state index in [1.54, 1.807) is 13.2 Å². The average Bonchev–Trinajstić information content (AvgIpc) is 2.74. The summed E-state index contributed by atoms with van der Waals surface area (Å²) in [5, 5.41) is 9.18. The maximum absolute atomic E-state index is 12.7. The van der Waals surface area contributed by atoms with Crippen LogP contribution in [0.5, 0.6) is 5.88 Å². The fourth-order valence-corrected chi connectivity index (χ4v) is 3.31. The molecule has 1 aliphatic carbocycles. The summed E-state index contributed by atoms with van der Waals surface area (Å²) in [5.74, 6) is 0.608. The van der Waals surface area contributed by atoms with E-state index in [2.05, 4.69) is 35.9 Å². The second kappa shape index (κ2) is 9.75. The van der Waals surface area contributed by atoms with Crippen LogP contribution in [0.2, 0.25) is 0 Å². The smallest absolute Gasteiger partial charge is 0.433 e. The van der Waals surface area contributed by atoms with Crippen molar-refractivity contribution in [3.63, 3.8) is 0 Å². The van der Waals surface area contributed by atoms with Crippen LogP contribution in [0, 0.1) is 6.92 Å². The van der Waals surface area contributed by atoms with E-state index in [9.17, 15) is 18.0 Å². The van der Waals surface area contributed by atoms with Crippen LogP contribution < -0.4 is 20.7 Å². The van der Waals surface area contributed by atoms with Crippen LogP contribution in [-0.4, -0.2) is 51.6 Å². The Morgan fingerprint density at radius 3 is 2.55 bits per heavy atom. The highest BCUT2D eigenvalue weighted by molar-refractivity contribution is 5.77. The fraction of sp³-hybridized carbons (Fsp3) is 0.526. The van der Waals surface area contributed by atoms with Crippen molar-refractivity contribution in [2.45, 2.75) is 50.9 Å². The molecule has 9 nitrogen and oxygen atoms in total. The van der Waals surface area contributed by atoms with Gasteiger partial charge in [-0.2, -0.15) is 18.2 Å². The van der Waals surface area contributed by atoms with Gasteiger partial charge in [0.2, 0.25) is 11.8 Å². The van der Waals surface area contributed by atoms with E-state index in [0.717, 1.165) is 43.4 Å². The summed E-state index contributed by atoms with van der Waals surface area (Å²) in [6.45, 7) is 1.50. The molecule has 0 unspecified atom stereocenters. The third kappa shape index (κ3) is 6.40. The molecule has 0 aromatic carbocycles. The van der Waals surface area contributed by atoms with Gasteiger partial charge in [0.25, 0.3) is 5.91 Å².